The SMILES string of the molecule is CC(C)CCCCNC(=O)C1(C)CCNC1. The van der Waals surface area contributed by atoms with Crippen LogP contribution in [0.5, 0.6) is 0 Å². The summed E-state index contributed by atoms with van der Waals surface area (Å²) in [6.07, 6.45) is 4.54. The average Bonchev–Trinajstić information content (AvgIpc) is 2.65. The third-order valence-corrected chi connectivity index (χ3v) is 3.41. The summed E-state index contributed by atoms with van der Waals surface area (Å²) >= 11 is 0. The van der Waals surface area contributed by atoms with E-state index in [2.05, 4.69) is 31.4 Å². The number of nitrogens with one attached hydrogen (secondary N) is 2. The lowest BCUT2D eigenvalue weighted by atomic mass is 9.89. The molecule has 0 aromatic heterocycles. The molecular formula is C13H26N2O. The molecule has 1 heterocycles. The molecule has 0 bridgehead atoms. The van der Waals surface area contributed by atoms with Gasteiger partial charge >= 0.3 is 0 Å². The summed E-state index contributed by atoms with van der Waals surface area (Å²) < 4.78 is 0. The van der Waals surface area contributed by atoms with Gasteiger partial charge < -0.3 is 10.6 Å². The van der Waals surface area contributed by atoms with Crippen molar-refractivity contribution in [2.75, 3.05) is 19.6 Å². The van der Waals surface area contributed by atoms with Gasteiger partial charge in [-0.1, -0.05) is 26.7 Å². The normalized spacial score (nSPS) is 25.0. The second-order valence-corrected chi connectivity index (χ2v) is 5.63. The number of carbonyl (C=O) groups is 1. The van der Waals surface area contributed by atoms with Gasteiger partial charge in [0.05, 0.1) is 5.41 Å². The van der Waals surface area contributed by atoms with Crippen LogP contribution in [-0.4, -0.2) is 25.5 Å². The Morgan fingerprint density at radius 1 is 1.44 bits per heavy atom. The minimum atomic E-state index is -0.169. The molecule has 94 valence electrons. The van der Waals surface area contributed by atoms with E-state index in [9.17, 15) is 4.79 Å². The van der Waals surface area contributed by atoms with Gasteiger partial charge in [0.2, 0.25) is 5.91 Å². The first-order valence-electron chi connectivity index (χ1n) is 6.53. The molecule has 1 amide bonds. The van der Waals surface area contributed by atoms with E-state index in [1.54, 1.807) is 0 Å². The molecule has 1 rings (SSSR count). The van der Waals surface area contributed by atoms with Crippen LogP contribution in [0, 0.1) is 11.3 Å². The third-order valence-electron chi connectivity index (χ3n) is 3.41. The zero-order valence-corrected chi connectivity index (χ0v) is 10.9. The summed E-state index contributed by atoms with van der Waals surface area (Å²) in [5, 5.41) is 6.31. The molecule has 0 aromatic rings. The van der Waals surface area contributed by atoms with Gasteiger partial charge in [-0.3, -0.25) is 4.79 Å². The Labute approximate surface area is 99.4 Å². The highest BCUT2D eigenvalue weighted by Gasteiger charge is 2.35. The summed E-state index contributed by atoms with van der Waals surface area (Å²) in [4.78, 5) is 11.9. The largest absolute Gasteiger partial charge is 0.356 e. The molecule has 0 saturated carbocycles. The van der Waals surface area contributed by atoms with Crippen molar-refractivity contribution in [2.24, 2.45) is 11.3 Å². The molecule has 3 nitrogen and oxygen atoms in total. The molecule has 0 aliphatic carbocycles. The third kappa shape index (κ3) is 4.12. The second kappa shape index (κ2) is 6.24. The van der Waals surface area contributed by atoms with Gasteiger partial charge in [-0.25, -0.2) is 0 Å². The minimum Gasteiger partial charge on any atom is -0.356 e. The second-order valence-electron chi connectivity index (χ2n) is 5.63. The van der Waals surface area contributed by atoms with Gasteiger partial charge in [0.25, 0.3) is 0 Å². The van der Waals surface area contributed by atoms with Crippen molar-refractivity contribution in [2.45, 2.75) is 46.5 Å². The first-order valence-corrected chi connectivity index (χ1v) is 6.53. The van der Waals surface area contributed by atoms with Gasteiger partial charge in [0.1, 0.15) is 0 Å². The van der Waals surface area contributed by atoms with E-state index < -0.39 is 0 Å². The van der Waals surface area contributed by atoms with Crippen LogP contribution in [0.15, 0.2) is 0 Å². The summed E-state index contributed by atoms with van der Waals surface area (Å²) in [6.45, 7) is 9.16. The van der Waals surface area contributed by atoms with Crippen LogP contribution < -0.4 is 10.6 Å². The molecule has 2 N–H and O–H groups in total. The smallest absolute Gasteiger partial charge is 0.227 e. The predicted octanol–water partition coefficient (Wildman–Crippen LogP) is 1.93. The first-order chi connectivity index (χ1) is 7.54. The van der Waals surface area contributed by atoms with Gasteiger partial charge in [-0.05, 0) is 32.2 Å². The fourth-order valence-corrected chi connectivity index (χ4v) is 2.10. The fourth-order valence-electron chi connectivity index (χ4n) is 2.10. The Hall–Kier alpha value is -0.570. The lowest BCUT2D eigenvalue weighted by Gasteiger charge is -2.21. The van der Waals surface area contributed by atoms with Crippen molar-refractivity contribution in [1.29, 1.82) is 0 Å². The molecule has 1 aliphatic rings. The van der Waals surface area contributed by atoms with Crippen LogP contribution in [0.4, 0.5) is 0 Å². The highest BCUT2D eigenvalue weighted by Crippen LogP contribution is 2.24. The van der Waals surface area contributed by atoms with Crippen LogP contribution in [0.25, 0.3) is 0 Å². The molecule has 16 heavy (non-hydrogen) atoms. The molecule has 1 unspecified atom stereocenters. The number of unbranched alkanes of at least 4 members (excludes halogenated alkanes) is 1. The van der Waals surface area contributed by atoms with Crippen LogP contribution in [0.2, 0.25) is 0 Å². The molecule has 0 spiro atoms. The lowest BCUT2D eigenvalue weighted by Crippen LogP contribution is -2.40. The van der Waals surface area contributed by atoms with Crippen molar-refractivity contribution >= 4 is 5.91 Å². The van der Waals surface area contributed by atoms with Crippen molar-refractivity contribution in [3.63, 3.8) is 0 Å². The Kier molecular flexibility index (Phi) is 5.26. The van der Waals surface area contributed by atoms with E-state index in [4.69, 9.17) is 0 Å². The molecule has 0 aromatic carbocycles. The van der Waals surface area contributed by atoms with E-state index >= 15 is 0 Å². The Morgan fingerprint density at radius 3 is 2.75 bits per heavy atom. The Bertz CT molecular complexity index is 220. The molecule has 1 aliphatic heterocycles. The quantitative estimate of drug-likeness (QED) is 0.679. The van der Waals surface area contributed by atoms with E-state index in [1.165, 1.54) is 12.8 Å². The summed E-state index contributed by atoms with van der Waals surface area (Å²) in [5.41, 5.74) is -0.169. The summed E-state index contributed by atoms with van der Waals surface area (Å²) in [5.74, 6) is 0.995. The van der Waals surface area contributed by atoms with Crippen molar-refractivity contribution in [3.8, 4) is 0 Å². The monoisotopic (exact) mass is 226 g/mol. The van der Waals surface area contributed by atoms with Gasteiger partial charge in [-0.15, -0.1) is 0 Å². The molecule has 1 fully saturated rings. The van der Waals surface area contributed by atoms with Gasteiger partial charge in [-0.2, -0.15) is 0 Å². The highest BCUT2D eigenvalue weighted by atomic mass is 16.2. The molecule has 1 saturated heterocycles. The molecule has 3 heteroatoms. The highest BCUT2D eigenvalue weighted by molar-refractivity contribution is 5.82. The van der Waals surface area contributed by atoms with Crippen molar-refractivity contribution in [3.05, 3.63) is 0 Å². The van der Waals surface area contributed by atoms with Crippen LogP contribution in [-0.2, 0) is 4.79 Å². The van der Waals surface area contributed by atoms with Gasteiger partial charge in [0, 0.05) is 13.1 Å². The number of amides is 1. The summed E-state index contributed by atoms with van der Waals surface area (Å²) in [6, 6.07) is 0. The van der Waals surface area contributed by atoms with E-state index in [1.807, 2.05) is 0 Å². The van der Waals surface area contributed by atoms with Crippen LogP contribution >= 0.6 is 0 Å². The minimum absolute atomic E-state index is 0.169. The zero-order chi connectivity index (χ0) is 12.0. The Balaban J connectivity index is 2.10. The standard InChI is InChI=1S/C13H26N2O/c1-11(2)6-4-5-8-15-12(16)13(3)7-9-14-10-13/h11,14H,4-10H2,1-3H3,(H,15,16). The van der Waals surface area contributed by atoms with E-state index in [-0.39, 0.29) is 11.3 Å². The first kappa shape index (κ1) is 13.5. The number of rotatable bonds is 6. The van der Waals surface area contributed by atoms with Crippen molar-refractivity contribution in [1.82, 2.24) is 10.6 Å². The zero-order valence-electron chi connectivity index (χ0n) is 10.9. The number of hydrogen-bond acceptors (Lipinski definition) is 2. The number of carbonyl (C=O) groups excluding carboxylic acids is 1. The van der Waals surface area contributed by atoms with Crippen LogP contribution in [0.1, 0.15) is 46.5 Å². The molecular weight excluding hydrogens is 200 g/mol. The van der Waals surface area contributed by atoms with Gasteiger partial charge in [0.15, 0.2) is 0 Å². The summed E-state index contributed by atoms with van der Waals surface area (Å²) in [7, 11) is 0. The predicted molar refractivity (Wildman–Crippen MR) is 67.3 cm³/mol. The topological polar surface area (TPSA) is 41.1 Å². The molecule has 0 radical (unpaired) electrons. The average molecular weight is 226 g/mol. The Morgan fingerprint density at radius 2 is 2.19 bits per heavy atom. The number of hydrogen-bond donors (Lipinski definition) is 2. The van der Waals surface area contributed by atoms with Crippen molar-refractivity contribution < 1.29 is 4.79 Å². The maximum absolute atomic E-state index is 11.9. The maximum atomic E-state index is 11.9. The van der Waals surface area contributed by atoms with E-state index in [0.29, 0.717) is 0 Å². The lowest BCUT2D eigenvalue weighted by molar-refractivity contribution is -0.129. The maximum Gasteiger partial charge on any atom is 0.227 e. The molecule has 1 atom stereocenters. The fraction of sp³-hybridized carbons (Fsp3) is 0.923. The van der Waals surface area contributed by atoms with E-state index in [0.717, 1.165) is 38.4 Å². The van der Waals surface area contributed by atoms with Crippen LogP contribution in [0.3, 0.4) is 0 Å².